The molecule has 0 N–H and O–H groups in total. The van der Waals surface area contributed by atoms with E-state index in [0.717, 1.165) is 12.8 Å². The molecule has 6 heteroatoms. The summed E-state index contributed by atoms with van der Waals surface area (Å²) in [5.41, 5.74) is 0. The van der Waals surface area contributed by atoms with Gasteiger partial charge in [0.05, 0.1) is 18.0 Å². The van der Waals surface area contributed by atoms with Crippen LogP contribution in [0.15, 0.2) is 0 Å². The maximum absolute atomic E-state index is 11.7. The number of nitrogens with zero attached hydrogens (tertiary/aromatic N) is 1. The van der Waals surface area contributed by atoms with Gasteiger partial charge in [0.1, 0.15) is 0 Å². The summed E-state index contributed by atoms with van der Waals surface area (Å²) in [6, 6.07) is 0. The summed E-state index contributed by atoms with van der Waals surface area (Å²) in [5, 5.41) is 0. The molecule has 2 aliphatic rings. The number of morpholine rings is 1. The van der Waals surface area contributed by atoms with Crippen molar-refractivity contribution in [2.75, 3.05) is 24.7 Å². The second-order valence-corrected chi connectivity index (χ2v) is 6.25. The highest BCUT2D eigenvalue weighted by atomic mass is 35.5. The average Bonchev–Trinajstić information content (AvgIpc) is 2.45. The van der Waals surface area contributed by atoms with Gasteiger partial charge in [-0.3, -0.25) is 0 Å². The molecule has 2 saturated heterocycles. The van der Waals surface area contributed by atoms with Crippen LogP contribution in [-0.4, -0.2) is 49.7 Å². The fourth-order valence-corrected chi connectivity index (χ4v) is 3.86. The van der Waals surface area contributed by atoms with E-state index in [0.29, 0.717) is 13.1 Å². The van der Waals surface area contributed by atoms with E-state index in [1.54, 1.807) is 0 Å². The first-order valence-electron chi connectivity index (χ1n) is 4.81. The fraction of sp³-hybridized carbons (Fsp3) is 1.00. The second kappa shape index (κ2) is 3.96. The number of ether oxygens (including phenoxy) is 1. The Morgan fingerprint density at radius 1 is 1.29 bits per heavy atom. The molecular weight excluding hydrogens is 226 g/mol. The van der Waals surface area contributed by atoms with E-state index in [1.165, 1.54) is 4.31 Å². The van der Waals surface area contributed by atoms with Gasteiger partial charge in [-0.15, -0.1) is 11.6 Å². The molecule has 0 radical (unpaired) electrons. The fourth-order valence-electron chi connectivity index (χ4n) is 2.03. The van der Waals surface area contributed by atoms with Crippen LogP contribution in [0.3, 0.4) is 0 Å². The molecule has 2 aliphatic heterocycles. The molecule has 0 aromatic carbocycles. The Labute approximate surface area is 89.2 Å². The molecule has 2 unspecified atom stereocenters. The summed E-state index contributed by atoms with van der Waals surface area (Å²) in [4.78, 5) is 0. The van der Waals surface area contributed by atoms with Gasteiger partial charge in [-0.1, -0.05) is 0 Å². The van der Waals surface area contributed by atoms with Crippen LogP contribution in [0.2, 0.25) is 0 Å². The number of alkyl halides is 1. The Bertz CT molecular complexity index is 294. The van der Waals surface area contributed by atoms with Gasteiger partial charge in [0, 0.05) is 19.0 Å². The van der Waals surface area contributed by atoms with Crippen molar-refractivity contribution < 1.29 is 13.2 Å². The van der Waals surface area contributed by atoms with Crippen molar-refractivity contribution in [1.29, 1.82) is 0 Å². The maximum Gasteiger partial charge on any atom is 0.215 e. The molecule has 0 aromatic rings. The molecule has 4 nitrogen and oxygen atoms in total. The smallest absolute Gasteiger partial charge is 0.215 e. The number of halogens is 1. The van der Waals surface area contributed by atoms with Gasteiger partial charge in [0.2, 0.25) is 10.0 Å². The summed E-state index contributed by atoms with van der Waals surface area (Å²) in [6.45, 7) is 1.02. The first-order valence-corrected chi connectivity index (χ1v) is 6.95. The number of sulfonamides is 1. The monoisotopic (exact) mass is 239 g/mol. The van der Waals surface area contributed by atoms with Crippen LogP contribution in [0.4, 0.5) is 0 Å². The quantitative estimate of drug-likeness (QED) is 0.671. The average molecular weight is 240 g/mol. The molecule has 2 bridgehead atoms. The summed E-state index contributed by atoms with van der Waals surface area (Å²) in [7, 11) is -3.14. The molecule has 0 spiro atoms. The molecule has 0 aliphatic carbocycles. The van der Waals surface area contributed by atoms with Gasteiger partial charge in [-0.25, -0.2) is 8.42 Å². The van der Waals surface area contributed by atoms with Crippen molar-refractivity contribution in [3.63, 3.8) is 0 Å². The lowest BCUT2D eigenvalue weighted by molar-refractivity contribution is -0.0114. The van der Waals surface area contributed by atoms with E-state index in [1.807, 2.05) is 0 Å². The molecule has 0 amide bonds. The summed E-state index contributed by atoms with van der Waals surface area (Å²) < 4.78 is 30.5. The van der Waals surface area contributed by atoms with Crippen molar-refractivity contribution >= 4 is 21.6 Å². The Hall–Kier alpha value is 0.160. The molecule has 2 atom stereocenters. The SMILES string of the molecule is O=S(=O)(CCCl)N1CC2CCC(C1)O2. The van der Waals surface area contributed by atoms with Gasteiger partial charge in [0.15, 0.2) is 0 Å². The molecule has 0 saturated carbocycles. The zero-order valence-corrected chi connectivity index (χ0v) is 9.43. The summed E-state index contributed by atoms with van der Waals surface area (Å²) in [6.07, 6.45) is 2.19. The van der Waals surface area contributed by atoms with Crippen LogP contribution < -0.4 is 0 Å². The topological polar surface area (TPSA) is 46.6 Å². The van der Waals surface area contributed by atoms with Crippen molar-refractivity contribution in [3.8, 4) is 0 Å². The number of hydrogen-bond donors (Lipinski definition) is 0. The highest BCUT2D eigenvalue weighted by molar-refractivity contribution is 7.89. The summed E-state index contributed by atoms with van der Waals surface area (Å²) >= 11 is 5.46. The molecule has 2 heterocycles. The Morgan fingerprint density at radius 3 is 2.36 bits per heavy atom. The third-order valence-electron chi connectivity index (χ3n) is 2.74. The number of fused-ring (bicyclic) bond motifs is 2. The van der Waals surface area contributed by atoms with Crippen LogP contribution in [0.1, 0.15) is 12.8 Å². The van der Waals surface area contributed by atoms with Gasteiger partial charge < -0.3 is 4.74 Å². The normalized spacial score (nSPS) is 33.5. The van der Waals surface area contributed by atoms with E-state index >= 15 is 0 Å². The number of hydrogen-bond acceptors (Lipinski definition) is 3. The van der Waals surface area contributed by atoms with E-state index in [4.69, 9.17) is 16.3 Å². The van der Waals surface area contributed by atoms with Crippen LogP contribution in [0.25, 0.3) is 0 Å². The Kier molecular flexibility index (Phi) is 3.02. The van der Waals surface area contributed by atoms with Crippen molar-refractivity contribution in [2.24, 2.45) is 0 Å². The lowest BCUT2D eigenvalue weighted by Gasteiger charge is -2.30. The molecular formula is C8H14ClNO3S. The van der Waals surface area contributed by atoms with Gasteiger partial charge in [-0.05, 0) is 12.8 Å². The van der Waals surface area contributed by atoms with Gasteiger partial charge >= 0.3 is 0 Å². The van der Waals surface area contributed by atoms with Crippen LogP contribution in [-0.2, 0) is 14.8 Å². The minimum atomic E-state index is -3.14. The molecule has 0 aromatic heterocycles. The standard InChI is InChI=1S/C8H14ClNO3S/c9-3-4-14(11,12)10-5-7-1-2-8(6-10)13-7/h7-8H,1-6H2. The lowest BCUT2D eigenvalue weighted by Crippen LogP contribution is -2.46. The van der Waals surface area contributed by atoms with E-state index in [2.05, 4.69) is 0 Å². The van der Waals surface area contributed by atoms with Crippen LogP contribution in [0, 0.1) is 0 Å². The Morgan fingerprint density at radius 2 is 1.86 bits per heavy atom. The van der Waals surface area contributed by atoms with Crippen molar-refractivity contribution in [2.45, 2.75) is 25.0 Å². The van der Waals surface area contributed by atoms with Gasteiger partial charge in [0.25, 0.3) is 0 Å². The first kappa shape index (κ1) is 10.7. The third kappa shape index (κ3) is 2.05. The highest BCUT2D eigenvalue weighted by Gasteiger charge is 2.38. The first-order chi connectivity index (χ1) is 6.62. The van der Waals surface area contributed by atoms with E-state index < -0.39 is 10.0 Å². The zero-order valence-electron chi connectivity index (χ0n) is 7.86. The minimum absolute atomic E-state index is 0.0357. The third-order valence-corrected chi connectivity index (χ3v) is 4.96. The van der Waals surface area contributed by atoms with E-state index in [-0.39, 0.29) is 23.8 Å². The van der Waals surface area contributed by atoms with Gasteiger partial charge in [-0.2, -0.15) is 4.31 Å². The summed E-state index contributed by atoms with van der Waals surface area (Å²) in [5.74, 6) is 0.197. The van der Waals surface area contributed by atoms with Crippen molar-refractivity contribution in [3.05, 3.63) is 0 Å². The molecule has 2 rings (SSSR count). The van der Waals surface area contributed by atoms with Crippen molar-refractivity contribution in [1.82, 2.24) is 4.31 Å². The molecule has 2 fully saturated rings. The highest BCUT2D eigenvalue weighted by Crippen LogP contribution is 2.27. The number of rotatable bonds is 3. The predicted molar refractivity (Wildman–Crippen MR) is 54.0 cm³/mol. The van der Waals surface area contributed by atoms with Crippen LogP contribution >= 0.6 is 11.6 Å². The largest absolute Gasteiger partial charge is 0.372 e. The Balaban J connectivity index is 2.05. The van der Waals surface area contributed by atoms with E-state index in [9.17, 15) is 8.42 Å². The molecule has 14 heavy (non-hydrogen) atoms. The predicted octanol–water partition coefficient (Wildman–Crippen LogP) is 0.418. The second-order valence-electron chi connectivity index (χ2n) is 3.78. The van der Waals surface area contributed by atoms with Crippen LogP contribution in [0.5, 0.6) is 0 Å². The maximum atomic E-state index is 11.7. The lowest BCUT2D eigenvalue weighted by atomic mass is 10.2. The molecule has 82 valence electrons. The minimum Gasteiger partial charge on any atom is -0.372 e. The zero-order chi connectivity index (χ0) is 10.2.